The van der Waals surface area contributed by atoms with Crippen LogP contribution in [-0.2, 0) is 0 Å². The summed E-state index contributed by atoms with van der Waals surface area (Å²) in [7, 11) is 0. The Bertz CT molecular complexity index is 129. The Hall–Kier alpha value is -0.450. The number of hydrogen-bond acceptors (Lipinski definition) is 4. The standard InChI is InChI=1S/C9H20N2O2/c1-2-4-10-5-3-6-11-7-9(13)8-12/h6,9-10,12-13H,2-5,7-8H2,1H3. The highest BCUT2D eigenvalue weighted by atomic mass is 16.3. The van der Waals surface area contributed by atoms with Crippen LogP contribution >= 0.6 is 0 Å². The molecule has 0 saturated heterocycles. The minimum absolute atomic E-state index is 0.217. The molecule has 0 aromatic rings. The topological polar surface area (TPSA) is 64.9 Å². The SMILES string of the molecule is CCCNCCC=NCC(O)CO. The molecule has 4 nitrogen and oxygen atoms in total. The fourth-order valence-corrected chi connectivity index (χ4v) is 0.814. The smallest absolute Gasteiger partial charge is 0.0965 e. The second kappa shape index (κ2) is 9.64. The predicted octanol–water partition coefficient (Wildman–Crippen LogP) is -0.200. The van der Waals surface area contributed by atoms with Crippen molar-refractivity contribution in [2.75, 3.05) is 26.2 Å². The molecule has 0 amide bonds. The molecule has 0 radical (unpaired) electrons. The van der Waals surface area contributed by atoms with Gasteiger partial charge in [0.05, 0.1) is 19.3 Å². The van der Waals surface area contributed by atoms with Crippen molar-refractivity contribution < 1.29 is 10.2 Å². The highest BCUT2D eigenvalue weighted by molar-refractivity contribution is 5.57. The van der Waals surface area contributed by atoms with E-state index in [0.29, 0.717) is 6.54 Å². The molecule has 4 heteroatoms. The van der Waals surface area contributed by atoms with E-state index in [1.165, 1.54) is 0 Å². The molecule has 0 aliphatic carbocycles. The lowest BCUT2D eigenvalue weighted by atomic mass is 10.4. The number of nitrogens with zero attached hydrogens (tertiary/aromatic N) is 1. The molecule has 1 atom stereocenters. The zero-order valence-electron chi connectivity index (χ0n) is 8.24. The molecular formula is C9H20N2O2. The number of aliphatic hydroxyl groups excluding tert-OH is 2. The highest BCUT2D eigenvalue weighted by Crippen LogP contribution is 1.82. The number of aliphatic imine (C=N–C) groups is 1. The minimum atomic E-state index is -0.708. The largest absolute Gasteiger partial charge is 0.394 e. The third kappa shape index (κ3) is 9.46. The summed E-state index contributed by atoms with van der Waals surface area (Å²) in [4.78, 5) is 3.96. The van der Waals surface area contributed by atoms with E-state index in [4.69, 9.17) is 10.2 Å². The van der Waals surface area contributed by atoms with Crippen molar-refractivity contribution in [1.29, 1.82) is 0 Å². The quantitative estimate of drug-likeness (QED) is 0.365. The van der Waals surface area contributed by atoms with E-state index >= 15 is 0 Å². The van der Waals surface area contributed by atoms with E-state index in [2.05, 4.69) is 17.2 Å². The van der Waals surface area contributed by atoms with Gasteiger partial charge in [-0.05, 0) is 19.4 Å². The van der Waals surface area contributed by atoms with Gasteiger partial charge in [-0.2, -0.15) is 0 Å². The van der Waals surface area contributed by atoms with E-state index in [-0.39, 0.29) is 6.61 Å². The average molecular weight is 188 g/mol. The van der Waals surface area contributed by atoms with Crippen molar-refractivity contribution in [1.82, 2.24) is 5.32 Å². The first-order valence-electron chi connectivity index (χ1n) is 4.79. The molecule has 0 rings (SSSR count). The summed E-state index contributed by atoms with van der Waals surface area (Å²) in [6, 6.07) is 0. The Labute approximate surface area is 79.7 Å². The van der Waals surface area contributed by atoms with Crippen LogP contribution in [0.1, 0.15) is 19.8 Å². The molecule has 0 bridgehead atoms. The second-order valence-electron chi connectivity index (χ2n) is 2.92. The molecule has 0 aromatic heterocycles. The summed E-state index contributed by atoms with van der Waals surface area (Å²) >= 11 is 0. The second-order valence-corrected chi connectivity index (χ2v) is 2.92. The third-order valence-corrected chi connectivity index (χ3v) is 1.53. The predicted molar refractivity (Wildman–Crippen MR) is 54.2 cm³/mol. The minimum Gasteiger partial charge on any atom is -0.394 e. The molecule has 0 aromatic carbocycles. The van der Waals surface area contributed by atoms with Crippen LogP contribution in [0.25, 0.3) is 0 Å². The molecule has 78 valence electrons. The van der Waals surface area contributed by atoms with Crippen LogP contribution in [0.3, 0.4) is 0 Å². The van der Waals surface area contributed by atoms with Crippen molar-refractivity contribution >= 4 is 6.21 Å². The number of nitrogens with one attached hydrogen (secondary N) is 1. The van der Waals surface area contributed by atoms with Crippen LogP contribution in [0.15, 0.2) is 4.99 Å². The van der Waals surface area contributed by atoms with Crippen molar-refractivity contribution in [3.63, 3.8) is 0 Å². The fraction of sp³-hybridized carbons (Fsp3) is 0.889. The summed E-state index contributed by atoms with van der Waals surface area (Å²) < 4.78 is 0. The lowest BCUT2D eigenvalue weighted by molar-refractivity contribution is 0.102. The first kappa shape index (κ1) is 12.6. The van der Waals surface area contributed by atoms with Gasteiger partial charge in [0.2, 0.25) is 0 Å². The Morgan fingerprint density at radius 2 is 2.23 bits per heavy atom. The van der Waals surface area contributed by atoms with E-state index in [9.17, 15) is 0 Å². The summed E-state index contributed by atoms with van der Waals surface area (Å²) in [5, 5.41) is 20.6. The molecule has 0 spiro atoms. The number of rotatable bonds is 8. The van der Waals surface area contributed by atoms with Crippen molar-refractivity contribution in [2.45, 2.75) is 25.9 Å². The normalized spacial score (nSPS) is 13.8. The van der Waals surface area contributed by atoms with Crippen LogP contribution in [0.5, 0.6) is 0 Å². The Balaban J connectivity index is 3.12. The molecule has 1 unspecified atom stereocenters. The Morgan fingerprint density at radius 1 is 1.46 bits per heavy atom. The first-order valence-corrected chi connectivity index (χ1v) is 4.79. The maximum atomic E-state index is 8.92. The molecule has 0 fully saturated rings. The van der Waals surface area contributed by atoms with E-state index < -0.39 is 6.10 Å². The maximum absolute atomic E-state index is 8.92. The van der Waals surface area contributed by atoms with Crippen molar-refractivity contribution in [3.05, 3.63) is 0 Å². The van der Waals surface area contributed by atoms with Crippen LogP contribution in [0.4, 0.5) is 0 Å². The summed E-state index contributed by atoms with van der Waals surface area (Å²) in [5.41, 5.74) is 0. The highest BCUT2D eigenvalue weighted by Gasteiger charge is 1.96. The van der Waals surface area contributed by atoms with E-state index in [1.807, 2.05) is 0 Å². The lowest BCUT2D eigenvalue weighted by Gasteiger charge is -2.01. The number of aliphatic hydroxyl groups is 2. The molecule has 0 saturated carbocycles. The fourth-order valence-electron chi connectivity index (χ4n) is 0.814. The van der Waals surface area contributed by atoms with Crippen LogP contribution in [0, 0.1) is 0 Å². The monoisotopic (exact) mass is 188 g/mol. The lowest BCUT2D eigenvalue weighted by Crippen LogP contribution is -2.17. The van der Waals surface area contributed by atoms with Gasteiger partial charge in [-0.25, -0.2) is 0 Å². The van der Waals surface area contributed by atoms with Gasteiger partial charge in [0.25, 0.3) is 0 Å². The summed E-state index contributed by atoms with van der Waals surface area (Å²) in [6.45, 7) is 4.16. The van der Waals surface area contributed by atoms with Gasteiger partial charge in [-0.15, -0.1) is 0 Å². The molecule has 0 aliphatic rings. The first-order chi connectivity index (χ1) is 6.31. The average Bonchev–Trinajstić information content (AvgIpc) is 2.16. The zero-order chi connectivity index (χ0) is 9.94. The van der Waals surface area contributed by atoms with E-state index in [1.54, 1.807) is 6.21 Å². The molecular weight excluding hydrogens is 168 g/mol. The Morgan fingerprint density at radius 3 is 2.85 bits per heavy atom. The third-order valence-electron chi connectivity index (χ3n) is 1.53. The number of hydrogen-bond donors (Lipinski definition) is 3. The van der Waals surface area contributed by atoms with Crippen molar-refractivity contribution in [3.8, 4) is 0 Å². The zero-order valence-corrected chi connectivity index (χ0v) is 8.24. The summed E-state index contributed by atoms with van der Waals surface area (Å²) in [5.74, 6) is 0. The molecule has 0 aliphatic heterocycles. The van der Waals surface area contributed by atoms with Gasteiger partial charge >= 0.3 is 0 Å². The van der Waals surface area contributed by atoms with Gasteiger partial charge in [0, 0.05) is 12.8 Å². The maximum Gasteiger partial charge on any atom is 0.0965 e. The summed E-state index contributed by atoms with van der Waals surface area (Å²) in [6.07, 6.45) is 3.08. The van der Waals surface area contributed by atoms with E-state index in [0.717, 1.165) is 25.9 Å². The van der Waals surface area contributed by atoms with Crippen LogP contribution < -0.4 is 5.32 Å². The molecule has 0 heterocycles. The van der Waals surface area contributed by atoms with Gasteiger partial charge in [-0.1, -0.05) is 6.92 Å². The van der Waals surface area contributed by atoms with Crippen molar-refractivity contribution in [2.24, 2.45) is 4.99 Å². The van der Waals surface area contributed by atoms with Gasteiger partial charge < -0.3 is 15.5 Å². The van der Waals surface area contributed by atoms with Gasteiger partial charge in [0.1, 0.15) is 0 Å². The molecule has 3 N–H and O–H groups in total. The van der Waals surface area contributed by atoms with Gasteiger partial charge in [0.15, 0.2) is 0 Å². The van der Waals surface area contributed by atoms with Crippen LogP contribution in [0.2, 0.25) is 0 Å². The van der Waals surface area contributed by atoms with Crippen LogP contribution in [-0.4, -0.2) is 48.8 Å². The Kier molecular flexibility index (Phi) is 9.30. The molecule has 13 heavy (non-hydrogen) atoms. The van der Waals surface area contributed by atoms with Gasteiger partial charge in [-0.3, -0.25) is 4.99 Å².